The van der Waals surface area contributed by atoms with Crippen molar-refractivity contribution < 1.29 is 22.4 Å². The van der Waals surface area contributed by atoms with Crippen LogP contribution < -0.4 is 5.32 Å². The lowest BCUT2D eigenvalue weighted by atomic mass is 10.1. The summed E-state index contributed by atoms with van der Waals surface area (Å²) < 4.78 is 44.2. The predicted octanol–water partition coefficient (Wildman–Crippen LogP) is 5.80. The first kappa shape index (κ1) is 22.7. The summed E-state index contributed by atoms with van der Waals surface area (Å²) in [5.74, 6) is -0.599. The number of amides is 1. The lowest BCUT2D eigenvalue weighted by molar-refractivity contribution is -0.137. The average Bonchev–Trinajstić information content (AvgIpc) is 3.43. The molecule has 0 saturated heterocycles. The Morgan fingerprint density at radius 2 is 1.79 bits per heavy atom. The minimum Gasteiger partial charge on any atom is -0.403 e. The van der Waals surface area contributed by atoms with E-state index in [0.29, 0.717) is 5.56 Å². The quantitative estimate of drug-likeness (QED) is 0.384. The Morgan fingerprint density at radius 1 is 1.03 bits per heavy atom. The first-order valence-corrected chi connectivity index (χ1v) is 10.7. The van der Waals surface area contributed by atoms with Crippen molar-refractivity contribution in [2.45, 2.75) is 12.7 Å². The molecule has 0 spiro atoms. The molecule has 1 N–H and O–H groups in total. The Kier molecular flexibility index (Phi) is 6.30. The number of halogens is 3. The van der Waals surface area contributed by atoms with Crippen molar-refractivity contribution in [2.75, 3.05) is 19.4 Å². The number of alkyl halides is 3. The smallest absolute Gasteiger partial charge is 0.403 e. The van der Waals surface area contributed by atoms with Gasteiger partial charge in [0.15, 0.2) is 0 Å². The molecule has 33 heavy (non-hydrogen) atoms. The standard InChI is InChI=1S/C23H19F3N4O2S/c1-30(2)13-18-9-10-19(33-18)14-5-3-7-16(11-14)21-28-29-22(32-21)27-20(31)15-6-4-8-17(12-15)23(24,25)26/h3-12H,13H2,1-2H3,(H,27,29,31). The second-order valence-electron chi connectivity index (χ2n) is 7.53. The van der Waals surface area contributed by atoms with Gasteiger partial charge in [0.25, 0.3) is 5.91 Å². The zero-order valence-corrected chi connectivity index (χ0v) is 18.5. The van der Waals surface area contributed by atoms with Crippen LogP contribution >= 0.6 is 11.3 Å². The molecule has 2 aromatic heterocycles. The number of rotatable bonds is 6. The van der Waals surface area contributed by atoms with Crippen molar-refractivity contribution in [3.05, 3.63) is 76.7 Å². The number of carbonyl (C=O) groups is 1. The number of aromatic nitrogens is 2. The molecule has 0 aliphatic rings. The van der Waals surface area contributed by atoms with E-state index in [-0.39, 0.29) is 17.5 Å². The first-order valence-electron chi connectivity index (χ1n) is 9.85. The van der Waals surface area contributed by atoms with Gasteiger partial charge in [-0.05, 0) is 62.1 Å². The molecule has 4 aromatic rings. The summed E-state index contributed by atoms with van der Waals surface area (Å²) in [6, 6.07) is 15.6. The lowest BCUT2D eigenvalue weighted by Crippen LogP contribution is -2.14. The van der Waals surface area contributed by atoms with Gasteiger partial charge in [-0.2, -0.15) is 13.2 Å². The maximum Gasteiger partial charge on any atom is 0.416 e. The number of nitrogens with zero attached hydrogens (tertiary/aromatic N) is 3. The molecular formula is C23H19F3N4O2S. The van der Waals surface area contributed by atoms with Crippen molar-refractivity contribution in [3.63, 3.8) is 0 Å². The summed E-state index contributed by atoms with van der Waals surface area (Å²) in [5.41, 5.74) is 0.552. The normalized spacial score (nSPS) is 11.7. The van der Waals surface area contributed by atoms with E-state index in [1.807, 2.05) is 32.3 Å². The largest absolute Gasteiger partial charge is 0.416 e. The van der Waals surface area contributed by atoms with Crippen LogP contribution in [0.25, 0.3) is 21.9 Å². The molecule has 0 atom stereocenters. The fraction of sp³-hybridized carbons (Fsp3) is 0.174. The Morgan fingerprint density at radius 3 is 2.55 bits per heavy atom. The molecule has 4 rings (SSSR count). The third-order valence-corrected chi connectivity index (χ3v) is 5.74. The third-order valence-electron chi connectivity index (χ3n) is 4.63. The SMILES string of the molecule is CN(C)Cc1ccc(-c2cccc(-c3nnc(NC(=O)c4cccc(C(F)(F)F)c4)o3)c2)s1. The van der Waals surface area contributed by atoms with Gasteiger partial charge < -0.3 is 9.32 Å². The predicted molar refractivity (Wildman–Crippen MR) is 120 cm³/mol. The van der Waals surface area contributed by atoms with Gasteiger partial charge in [-0.1, -0.05) is 23.3 Å². The first-order chi connectivity index (χ1) is 15.7. The van der Waals surface area contributed by atoms with Gasteiger partial charge in [0.1, 0.15) is 0 Å². The molecule has 1 amide bonds. The second kappa shape index (κ2) is 9.16. The maximum atomic E-state index is 12.9. The molecule has 170 valence electrons. The summed E-state index contributed by atoms with van der Waals surface area (Å²) in [7, 11) is 4.03. The zero-order valence-electron chi connectivity index (χ0n) is 17.7. The van der Waals surface area contributed by atoms with Crippen molar-refractivity contribution in [1.82, 2.24) is 15.1 Å². The van der Waals surface area contributed by atoms with E-state index in [0.717, 1.165) is 35.2 Å². The Bertz CT molecular complexity index is 1280. The molecular weight excluding hydrogens is 453 g/mol. The van der Waals surface area contributed by atoms with Gasteiger partial charge >= 0.3 is 12.2 Å². The van der Waals surface area contributed by atoms with E-state index in [9.17, 15) is 18.0 Å². The molecule has 0 unspecified atom stereocenters. The van der Waals surface area contributed by atoms with Crippen LogP contribution in [0.15, 0.2) is 65.1 Å². The molecule has 0 aliphatic heterocycles. The number of anilines is 1. The molecule has 0 aliphatic carbocycles. The van der Waals surface area contributed by atoms with Crippen LogP contribution in [0.3, 0.4) is 0 Å². The fourth-order valence-corrected chi connectivity index (χ4v) is 4.25. The lowest BCUT2D eigenvalue weighted by Gasteiger charge is -2.07. The molecule has 10 heteroatoms. The monoisotopic (exact) mass is 472 g/mol. The van der Waals surface area contributed by atoms with Crippen molar-refractivity contribution >= 4 is 23.3 Å². The Labute approximate surface area is 191 Å². The number of benzene rings is 2. The van der Waals surface area contributed by atoms with E-state index in [1.165, 1.54) is 10.9 Å². The van der Waals surface area contributed by atoms with Gasteiger partial charge in [0, 0.05) is 27.4 Å². The number of hydrogen-bond acceptors (Lipinski definition) is 6. The van der Waals surface area contributed by atoms with Gasteiger partial charge in [-0.25, -0.2) is 0 Å². The highest BCUT2D eigenvalue weighted by Crippen LogP contribution is 2.32. The number of carbonyl (C=O) groups excluding carboxylic acids is 1. The van der Waals surface area contributed by atoms with Crippen LogP contribution in [-0.2, 0) is 12.7 Å². The maximum absolute atomic E-state index is 12.9. The Balaban J connectivity index is 1.50. The van der Waals surface area contributed by atoms with Gasteiger partial charge in [0.05, 0.1) is 5.56 Å². The van der Waals surface area contributed by atoms with E-state index in [2.05, 4.69) is 32.5 Å². The molecule has 0 radical (unpaired) electrons. The molecule has 6 nitrogen and oxygen atoms in total. The van der Waals surface area contributed by atoms with Crippen LogP contribution in [0.4, 0.5) is 19.2 Å². The molecule has 0 fully saturated rings. The van der Waals surface area contributed by atoms with E-state index in [1.54, 1.807) is 17.4 Å². The van der Waals surface area contributed by atoms with Gasteiger partial charge in [-0.15, -0.1) is 16.4 Å². The second-order valence-corrected chi connectivity index (χ2v) is 8.70. The molecule has 0 saturated carbocycles. The minimum atomic E-state index is -4.55. The van der Waals surface area contributed by atoms with Crippen molar-refractivity contribution in [1.29, 1.82) is 0 Å². The van der Waals surface area contributed by atoms with Crippen LogP contribution in [-0.4, -0.2) is 35.1 Å². The van der Waals surface area contributed by atoms with E-state index in [4.69, 9.17) is 4.42 Å². The summed E-state index contributed by atoms with van der Waals surface area (Å²) in [4.78, 5) is 16.8. The Hall–Kier alpha value is -3.50. The van der Waals surface area contributed by atoms with Crippen molar-refractivity contribution in [3.8, 4) is 21.9 Å². The van der Waals surface area contributed by atoms with Crippen LogP contribution in [0.1, 0.15) is 20.8 Å². The highest BCUT2D eigenvalue weighted by Gasteiger charge is 2.31. The molecule has 2 aromatic carbocycles. The fourth-order valence-electron chi connectivity index (χ4n) is 3.13. The van der Waals surface area contributed by atoms with Crippen LogP contribution in [0.5, 0.6) is 0 Å². The minimum absolute atomic E-state index is 0.169. The zero-order chi connectivity index (χ0) is 23.6. The summed E-state index contributed by atoms with van der Waals surface area (Å²) >= 11 is 1.69. The summed E-state index contributed by atoms with van der Waals surface area (Å²) in [6.07, 6.45) is -4.55. The van der Waals surface area contributed by atoms with Gasteiger partial charge in [0.2, 0.25) is 5.89 Å². The highest BCUT2D eigenvalue weighted by atomic mass is 32.1. The topological polar surface area (TPSA) is 71.3 Å². The summed E-state index contributed by atoms with van der Waals surface area (Å²) in [5, 5.41) is 10.1. The molecule has 2 heterocycles. The highest BCUT2D eigenvalue weighted by molar-refractivity contribution is 7.15. The van der Waals surface area contributed by atoms with E-state index >= 15 is 0 Å². The number of thiophene rings is 1. The van der Waals surface area contributed by atoms with E-state index < -0.39 is 17.6 Å². The summed E-state index contributed by atoms with van der Waals surface area (Å²) in [6.45, 7) is 0.850. The number of hydrogen-bond donors (Lipinski definition) is 1. The van der Waals surface area contributed by atoms with Crippen molar-refractivity contribution in [2.24, 2.45) is 0 Å². The van der Waals surface area contributed by atoms with Gasteiger partial charge in [-0.3, -0.25) is 10.1 Å². The average molecular weight is 472 g/mol. The molecule has 0 bridgehead atoms. The third kappa shape index (κ3) is 5.47. The number of nitrogens with one attached hydrogen (secondary N) is 1. The van der Waals surface area contributed by atoms with Crippen LogP contribution in [0, 0.1) is 0 Å². The van der Waals surface area contributed by atoms with Crippen LogP contribution in [0.2, 0.25) is 0 Å².